The number of hydrogen-bond donors (Lipinski definition) is 2. The summed E-state index contributed by atoms with van der Waals surface area (Å²) in [5.74, 6) is -1.36. The highest BCUT2D eigenvalue weighted by Crippen LogP contribution is 2.35. The van der Waals surface area contributed by atoms with E-state index >= 15 is 0 Å². The maximum atomic E-state index is 11.8. The second kappa shape index (κ2) is 4.57. The summed E-state index contributed by atoms with van der Waals surface area (Å²) in [6.07, 6.45) is 3.83. The first-order valence-corrected chi connectivity index (χ1v) is 5.55. The van der Waals surface area contributed by atoms with Crippen molar-refractivity contribution in [2.75, 3.05) is 7.11 Å². The van der Waals surface area contributed by atoms with E-state index in [1.165, 1.54) is 7.11 Å². The molecule has 1 saturated carbocycles. The van der Waals surface area contributed by atoms with E-state index in [1.54, 1.807) is 0 Å². The molecule has 6 heteroatoms. The molecule has 17 heavy (non-hydrogen) atoms. The van der Waals surface area contributed by atoms with Crippen molar-refractivity contribution in [2.24, 2.45) is 0 Å². The molecule has 2 N–H and O–H groups in total. The molecule has 92 valence electrons. The van der Waals surface area contributed by atoms with Crippen LogP contribution in [0.4, 0.5) is 0 Å². The van der Waals surface area contributed by atoms with E-state index in [9.17, 15) is 14.7 Å². The number of aromatic hydroxyl groups is 1. The lowest BCUT2D eigenvalue weighted by atomic mass is 10.00. The zero-order valence-corrected chi connectivity index (χ0v) is 9.52. The second-order valence-corrected chi connectivity index (χ2v) is 4.12. The first-order valence-electron chi connectivity index (χ1n) is 5.55. The van der Waals surface area contributed by atoms with Gasteiger partial charge in [-0.15, -0.1) is 0 Å². The minimum atomic E-state index is -0.768. The Morgan fingerprint density at radius 2 is 2.12 bits per heavy atom. The molecule has 0 aromatic carbocycles. The van der Waals surface area contributed by atoms with Crippen LogP contribution in [0.3, 0.4) is 0 Å². The van der Waals surface area contributed by atoms with Crippen molar-refractivity contribution < 1.29 is 14.6 Å². The highest BCUT2D eigenvalue weighted by molar-refractivity contribution is 5.85. The van der Waals surface area contributed by atoms with Gasteiger partial charge in [0, 0.05) is 0 Å². The van der Waals surface area contributed by atoms with Gasteiger partial charge in [0.2, 0.25) is 11.7 Å². The average molecular weight is 238 g/mol. The zero-order chi connectivity index (χ0) is 12.4. The van der Waals surface area contributed by atoms with Gasteiger partial charge in [-0.3, -0.25) is 4.79 Å². The number of H-pyrrole nitrogens is 1. The molecule has 0 amide bonds. The summed E-state index contributed by atoms with van der Waals surface area (Å²) in [6.45, 7) is 0. The zero-order valence-electron chi connectivity index (χ0n) is 9.52. The summed E-state index contributed by atoms with van der Waals surface area (Å²) in [6, 6.07) is 0. The van der Waals surface area contributed by atoms with Gasteiger partial charge in [-0.2, -0.15) is 4.98 Å². The molecule has 1 aliphatic carbocycles. The molecule has 1 aromatic heterocycles. The Morgan fingerprint density at radius 3 is 2.65 bits per heavy atom. The highest BCUT2D eigenvalue weighted by Gasteiger charge is 2.25. The van der Waals surface area contributed by atoms with E-state index in [-0.39, 0.29) is 23.2 Å². The molecule has 0 unspecified atom stereocenters. The number of rotatable bonds is 2. The Labute approximate surface area is 97.7 Å². The van der Waals surface area contributed by atoms with Gasteiger partial charge < -0.3 is 14.8 Å². The summed E-state index contributed by atoms with van der Waals surface area (Å²) in [5.41, 5.74) is -0.167. The monoisotopic (exact) mass is 238 g/mol. The van der Waals surface area contributed by atoms with E-state index in [2.05, 4.69) is 14.7 Å². The number of carbonyl (C=O) groups excluding carboxylic acids is 1. The molecule has 0 bridgehead atoms. The van der Waals surface area contributed by atoms with Gasteiger partial charge in [0.25, 0.3) is 5.56 Å². The SMILES string of the molecule is COC(=O)c1nc(O)c(C2CCCC2)c(=O)[nH]1. The van der Waals surface area contributed by atoms with Gasteiger partial charge in [-0.05, 0) is 18.8 Å². The molecule has 0 radical (unpaired) electrons. The second-order valence-electron chi connectivity index (χ2n) is 4.12. The van der Waals surface area contributed by atoms with Crippen LogP contribution in [0.25, 0.3) is 0 Å². The molecule has 0 spiro atoms. The molecule has 1 heterocycles. The summed E-state index contributed by atoms with van der Waals surface area (Å²) >= 11 is 0. The quantitative estimate of drug-likeness (QED) is 0.747. The molecule has 0 atom stereocenters. The molecule has 1 aromatic rings. The Bertz CT molecular complexity index is 489. The lowest BCUT2D eigenvalue weighted by Crippen LogP contribution is -2.21. The van der Waals surface area contributed by atoms with Crippen LogP contribution >= 0.6 is 0 Å². The Morgan fingerprint density at radius 1 is 1.47 bits per heavy atom. The third-order valence-electron chi connectivity index (χ3n) is 3.08. The van der Waals surface area contributed by atoms with Crippen LogP contribution < -0.4 is 5.56 Å². The molecule has 2 rings (SSSR count). The van der Waals surface area contributed by atoms with Crippen molar-refractivity contribution in [2.45, 2.75) is 31.6 Å². The van der Waals surface area contributed by atoms with E-state index in [0.29, 0.717) is 0 Å². The maximum Gasteiger partial charge on any atom is 0.374 e. The molecular formula is C11H14N2O4. The number of nitrogens with zero attached hydrogens (tertiary/aromatic N) is 1. The van der Waals surface area contributed by atoms with Gasteiger partial charge in [0.05, 0.1) is 12.7 Å². The number of nitrogens with one attached hydrogen (secondary N) is 1. The molecule has 1 aliphatic rings. The van der Waals surface area contributed by atoms with Crippen LogP contribution in [-0.4, -0.2) is 28.2 Å². The van der Waals surface area contributed by atoms with Crippen LogP contribution in [-0.2, 0) is 4.74 Å². The van der Waals surface area contributed by atoms with Crippen LogP contribution in [0, 0.1) is 0 Å². The number of esters is 1. The van der Waals surface area contributed by atoms with E-state index in [0.717, 1.165) is 25.7 Å². The number of methoxy groups -OCH3 is 1. The summed E-state index contributed by atoms with van der Waals surface area (Å²) < 4.78 is 4.43. The minimum absolute atomic E-state index is 0.0398. The van der Waals surface area contributed by atoms with Crippen LogP contribution in [0.15, 0.2) is 4.79 Å². The first kappa shape index (κ1) is 11.6. The largest absolute Gasteiger partial charge is 0.493 e. The lowest BCUT2D eigenvalue weighted by molar-refractivity contribution is 0.0585. The predicted octanol–water partition coefficient (Wildman–Crippen LogP) is 0.920. The van der Waals surface area contributed by atoms with Gasteiger partial charge in [0.15, 0.2) is 0 Å². The normalized spacial score (nSPS) is 16.1. The van der Waals surface area contributed by atoms with E-state index < -0.39 is 11.5 Å². The minimum Gasteiger partial charge on any atom is -0.493 e. The number of carbonyl (C=O) groups is 1. The smallest absolute Gasteiger partial charge is 0.374 e. The Kier molecular flexibility index (Phi) is 3.12. The van der Waals surface area contributed by atoms with Crippen LogP contribution in [0.2, 0.25) is 0 Å². The molecule has 0 aliphatic heterocycles. The van der Waals surface area contributed by atoms with Gasteiger partial charge in [-0.1, -0.05) is 12.8 Å². The fourth-order valence-electron chi connectivity index (χ4n) is 2.25. The third kappa shape index (κ3) is 2.15. The molecule has 6 nitrogen and oxygen atoms in total. The van der Waals surface area contributed by atoms with E-state index in [4.69, 9.17) is 0 Å². The standard InChI is InChI=1S/C11H14N2O4/c1-17-11(16)8-12-9(14)7(10(15)13-8)6-4-2-3-5-6/h6H,2-5H2,1H3,(H2,12,13,14,15). The van der Waals surface area contributed by atoms with Crippen LogP contribution in [0.1, 0.15) is 47.8 Å². The fraction of sp³-hybridized carbons (Fsp3) is 0.545. The van der Waals surface area contributed by atoms with Crippen molar-refractivity contribution in [3.05, 3.63) is 21.7 Å². The maximum absolute atomic E-state index is 11.8. The topological polar surface area (TPSA) is 92.3 Å². The molecular weight excluding hydrogens is 224 g/mol. The molecule has 0 saturated heterocycles. The highest BCUT2D eigenvalue weighted by atomic mass is 16.5. The van der Waals surface area contributed by atoms with Gasteiger partial charge in [0.1, 0.15) is 0 Å². The summed E-state index contributed by atoms with van der Waals surface area (Å²) in [4.78, 5) is 29.0. The van der Waals surface area contributed by atoms with Crippen molar-refractivity contribution in [3.63, 3.8) is 0 Å². The van der Waals surface area contributed by atoms with Crippen LogP contribution in [0.5, 0.6) is 5.88 Å². The van der Waals surface area contributed by atoms with Gasteiger partial charge in [-0.25, -0.2) is 4.79 Å². The van der Waals surface area contributed by atoms with Crippen molar-refractivity contribution >= 4 is 5.97 Å². The summed E-state index contributed by atoms with van der Waals surface area (Å²) in [5, 5.41) is 9.74. The lowest BCUT2D eigenvalue weighted by Gasteiger charge is -2.10. The fourth-order valence-corrected chi connectivity index (χ4v) is 2.25. The first-order chi connectivity index (χ1) is 8.13. The van der Waals surface area contributed by atoms with Crippen molar-refractivity contribution in [1.82, 2.24) is 9.97 Å². The number of aromatic amines is 1. The predicted molar refractivity (Wildman–Crippen MR) is 59.1 cm³/mol. The Balaban J connectivity index is 2.42. The number of hydrogen-bond acceptors (Lipinski definition) is 5. The van der Waals surface area contributed by atoms with Crippen molar-refractivity contribution in [3.8, 4) is 5.88 Å². The number of ether oxygens (including phenoxy) is 1. The van der Waals surface area contributed by atoms with Crippen molar-refractivity contribution in [1.29, 1.82) is 0 Å². The van der Waals surface area contributed by atoms with E-state index in [1.807, 2.05) is 0 Å². The number of aromatic nitrogens is 2. The molecule has 1 fully saturated rings. The third-order valence-corrected chi connectivity index (χ3v) is 3.08. The Hall–Kier alpha value is -1.85. The average Bonchev–Trinajstić information content (AvgIpc) is 2.80. The van der Waals surface area contributed by atoms with Gasteiger partial charge >= 0.3 is 5.97 Å². The summed E-state index contributed by atoms with van der Waals surface area (Å²) in [7, 11) is 1.18.